The van der Waals surface area contributed by atoms with Crippen LogP contribution in [0.1, 0.15) is 19.3 Å². The van der Waals surface area contributed by atoms with Crippen LogP contribution >= 0.6 is 0 Å². The Morgan fingerprint density at radius 1 is 1.42 bits per heavy atom. The monoisotopic (exact) mass is 282 g/mol. The van der Waals surface area contributed by atoms with E-state index in [-0.39, 0.29) is 32.4 Å². The lowest BCUT2D eigenvalue weighted by molar-refractivity contribution is -0.216. The average molecular weight is 282 g/mol. The smallest absolute Gasteiger partial charge is 0.404 e. The van der Waals surface area contributed by atoms with Crippen LogP contribution in [0.4, 0.5) is 13.2 Å². The van der Waals surface area contributed by atoms with Crippen molar-refractivity contribution in [2.45, 2.75) is 25.4 Å². The Balaban J connectivity index is 2.49. The van der Waals surface area contributed by atoms with E-state index in [0.29, 0.717) is 0 Å². The Labute approximate surface area is 108 Å². The first-order valence-electron chi connectivity index (χ1n) is 5.96. The summed E-state index contributed by atoms with van der Waals surface area (Å²) in [4.78, 5) is 22.6. The predicted octanol–water partition coefficient (Wildman–Crippen LogP) is 0.598. The summed E-state index contributed by atoms with van der Waals surface area (Å²) in [6.07, 6.45) is -4.53. The minimum absolute atomic E-state index is 0.0196. The van der Waals surface area contributed by atoms with Crippen LogP contribution < -0.4 is 10.6 Å². The zero-order valence-corrected chi connectivity index (χ0v) is 10.6. The fourth-order valence-corrected chi connectivity index (χ4v) is 1.96. The second-order valence-corrected chi connectivity index (χ2v) is 4.44. The summed E-state index contributed by atoms with van der Waals surface area (Å²) in [7, 11) is 1.23. The van der Waals surface area contributed by atoms with Gasteiger partial charge in [-0.15, -0.1) is 0 Å². The molecular formula is C11H17F3N2O3. The molecule has 0 radical (unpaired) electrons. The number of esters is 1. The molecule has 1 heterocycles. The van der Waals surface area contributed by atoms with Crippen molar-refractivity contribution in [1.29, 1.82) is 0 Å². The van der Waals surface area contributed by atoms with Crippen LogP contribution in [0.15, 0.2) is 0 Å². The number of carbonyl (C=O) groups excluding carboxylic acids is 2. The van der Waals surface area contributed by atoms with Gasteiger partial charge in [0, 0.05) is 19.5 Å². The molecular weight excluding hydrogens is 265 g/mol. The highest BCUT2D eigenvalue weighted by molar-refractivity contribution is 5.84. The summed E-state index contributed by atoms with van der Waals surface area (Å²) >= 11 is 0. The highest BCUT2D eigenvalue weighted by Crippen LogP contribution is 2.43. The molecule has 1 atom stereocenters. The van der Waals surface area contributed by atoms with Gasteiger partial charge in [-0.1, -0.05) is 0 Å². The van der Waals surface area contributed by atoms with Crippen LogP contribution in [0.25, 0.3) is 0 Å². The molecule has 5 nitrogen and oxygen atoms in total. The van der Waals surface area contributed by atoms with E-state index >= 15 is 0 Å². The third kappa shape index (κ3) is 3.59. The van der Waals surface area contributed by atoms with E-state index in [0.717, 1.165) is 0 Å². The first kappa shape index (κ1) is 15.7. The summed E-state index contributed by atoms with van der Waals surface area (Å²) in [5.74, 6) is -1.49. The Hall–Kier alpha value is -1.31. The Morgan fingerprint density at radius 2 is 2.11 bits per heavy atom. The molecule has 8 heteroatoms. The molecule has 1 rings (SSSR count). The van der Waals surface area contributed by atoms with Crippen molar-refractivity contribution in [1.82, 2.24) is 10.6 Å². The maximum atomic E-state index is 13.0. The number of nitrogens with one attached hydrogen (secondary N) is 2. The molecule has 1 aliphatic rings. The molecule has 0 aromatic carbocycles. The normalized spacial score (nSPS) is 23.2. The van der Waals surface area contributed by atoms with Crippen molar-refractivity contribution in [3.63, 3.8) is 0 Å². The van der Waals surface area contributed by atoms with Gasteiger partial charge in [0.05, 0.1) is 7.11 Å². The lowest BCUT2D eigenvalue weighted by Gasteiger charge is -2.29. The molecule has 110 valence electrons. The third-order valence-electron chi connectivity index (χ3n) is 3.20. The first-order valence-corrected chi connectivity index (χ1v) is 5.96. The van der Waals surface area contributed by atoms with Crippen LogP contribution in [-0.2, 0) is 14.3 Å². The summed E-state index contributed by atoms with van der Waals surface area (Å²) in [6, 6.07) is 0. The van der Waals surface area contributed by atoms with E-state index in [9.17, 15) is 22.8 Å². The van der Waals surface area contributed by atoms with Gasteiger partial charge < -0.3 is 15.4 Å². The molecule has 0 saturated carbocycles. The van der Waals surface area contributed by atoms with Crippen molar-refractivity contribution in [3.8, 4) is 0 Å². The number of carbonyl (C=O) groups is 2. The summed E-state index contributed by atoms with van der Waals surface area (Å²) in [6.45, 7) is -0.222. The van der Waals surface area contributed by atoms with Crippen LogP contribution in [0.2, 0.25) is 0 Å². The molecule has 0 spiro atoms. The van der Waals surface area contributed by atoms with Gasteiger partial charge in [0.15, 0.2) is 5.41 Å². The standard InChI is InChI=1S/C11H17F3N2O3/c1-19-8(17)3-2-5-16-9(18)10(11(12,13)14)4-6-15-7-10/h15H,2-7H2,1H3,(H,16,18). The van der Waals surface area contributed by atoms with Gasteiger partial charge in [0.1, 0.15) is 0 Å². The average Bonchev–Trinajstić information content (AvgIpc) is 2.83. The minimum atomic E-state index is -4.58. The van der Waals surface area contributed by atoms with Crippen LogP contribution in [-0.4, -0.2) is 44.8 Å². The van der Waals surface area contributed by atoms with Gasteiger partial charge in [0.25, 0.3) is 0 Å². The second-order valence-electron chi connectivity index (χ2n) is 4.44. The predicted molar refractivity (Wildman–Crippen MR) is 60.2 cm³/mol. The zero-order valence-electron chi connectivity index (χ0n) is 10.6. The molecule has 0 aromatic rings. The van der Waals surface area contributed by atoms with E-state index in [4.69, 9.17) is 0 Å². The van der Waals surface area contributed by atoms with Crippen molar-refractivity contribution in [2.24, 2.45) is 5.41 Å². The zero-order chi connectivity index (χ0) is 14.5. The molecule has 1 aliphatic heterocycles. The number of ether oxygens (including phenoxy) is 1. The molecule has 0 aromatic heterocycles. The van der Waals surface area contributed by atoms with Gasteiger partial charge in [0.2, 0.25) is 5.91 Å². The number of hydrogen-bond acceptors (Lipinski definition) is 4. The number of hydrogen-bond donors (Lipinski definition) is 2. The largest absolute Gasteiger partial charge is 0.469 e. The van der Waals surface area contributed by atoms with E-state index in [2.05, 4.69) is 15.4 Å². The fourth-order valence-electron chi connectivity index (χ4n) is 1.96. The summed E-state index contributed by atoms with van der Waals surface area (Å²) < 4.78 is 43.3. The van der Waals surface area contributed by atoms with Crippen molar-refractivity contribution in [2.75, 3.05) is 26.7 Å². The van der Waals surface area contributed by atoms with Crippen LogP contribution in [0.3, 0.4) is 0 Å². The van der Waals surface area contributed by atoms with Crippen LogP contribution in [0, 0.1) is 5.41 Å². The topological polar surface area (TPSA) is 67.4 Å². The third-order valence-corrected chi connectivity index (χ3v) is 3.20. The molecule has 0 bridgehead atoms. The molecule has 2 N–H and O–H groups in total. The quantitative estimate of drug-likeness (QED) is 0.572. The fraction of sp³-hybridized carbons (Fsp3) is 0.818. The molecule has 1 unspecified atom stereocenters. The van der Waals surface area contributed by atoms with Crippen LogP contribution in [0.5, 0.6) is 0 Å². The van der Waals surface area contributed by atoms with E-state index in [1.54, 1.807) is 0 Å². The molecule has 1 amide bonds. The maximum absolute atomic E-state index is 13.0. The number of amides is 1. The minimum Gasteiger partial charge on any atom is -0.469 e. The van der Waals surface area contributed by atoms with Gasteiger partial charge in [-0.05, 0) is 19.4 Å². The number of rotatable bonds is 5. The second kappa shape index (κ2) is 6.23. The number of alkyl halides is 3. The summed E-state index contributed by atoms with van der Waals surface area (Å²) in [5.41, 5.74) is -2.35. The highest BCUT2D eigenvalue weighted by Gasteiger charge is 2.61. The molecule has 1 saturated heterocycles. The van der Waals surface area contributed by atoms with E-state index < -0.39 is 30.0 Å². The number of methoxy groups -OCH3 is 1. The highest BCUT2D eigenvalue weighted by atomic mass is 19.4. The molecule has 1 fully saturated rings. The van der Waals surface area contributed by atoms with Crippen molar-refractivity contribution < 1.29 is 27.5 Å². The Bertz CT molecular complexity index is 339. The first-order chi connectivity index (χ1) is 8.83. The van der Waals surface area contributed by atoms with Crippen molar-refractivity contribution in [3.05, 3.63) is 0 Å². The number of halogens is 3. The van der Waals surface area contributed by atoms with E-state index in [1.807, 2.05) is 0 Å². The van der Waals surface area contributed by atoms with Gasteiger partial charge in [-0.2, -0.15) is 13.2 Å². The molecule has 0 aliphatic carbocycles. The lowest BCUT2D eigenvalue weighted by Crippen LogP contribution is -2.52. The lowest BCUT2D eigenvalue weighted by atomic mass is 9.85. The van der Waals surface area contributed by atoms with Gasteiger partial charge in [-0.25, -0.2) is 0 Å². The molecule has 19 heavy (non-hydrogen) atoms. The SMILES string of the molecule is COC(=O)CCCNC(=O)C1(C(F)(F)F)CCNC1. The van der Waals surface area contributed by atoms with Crippen molar-refractivity contribution >= 4 is 11.9 Å². The maximum Gasteiger partial charge on any atom is 0.404 e. The van der Waals surface area contributed by atoms with Gasteiger partial charge in [-0.3, -0.25) is 9.59 Å². The van der Waals surface area contributed by atoms with Gasteiger partial charge >= 0.3 is 12.1 Å². The Kier molecular flexibility index (Phi) is 5.16. The van der Waals surface area contributed by atoms with E-state index in [1.165, 1.54) is 7.11 Å². The summed E-state index contributed by atoms with van der Waals surface area (Å²) in [5, 5.41) is 4.81. The Morgan fingerprint density at radius 3 is 2.58 bits per heavy atom.